The molecule has 4 aromatic rings. The molecule has 3 aliphatic rings. The lowest BCUT2D eigenvalue weighted by Gasteiger charge is -2.51. The van der Waals surface area contributed by atoms with Gasteiger partial charge < -0.3 is 14.6 Å². The molecule has 0 aromatic heterocycles. The number of morpholine rings is 1. The van der Waals surface area contributed by atoms with Crippen LogP contribution < -0.4 is 0 Å². The molecular formula is C33H31NO4. The summed E-state index contributed by atoms with van der Waals surface area (Å²) in [7, 11) is 0. The van der Waals surface area contributed by atoms with Crippen LogP contribution in [-0.2, 0) is 15.9 Å². The molecule has 2 bridgehead atoms. The standard InChI is InChI=1S/C33H31NO4/c35-32(38-21-31-29-11-5-3-9-27(29)28-10-4-6-12-30(28)31)34-25-17-33(36,18-26(34)20-37-19-25)16-22-13-14-23-7-1-2-8-24(23)15-22/h1-15,25-26,31,36H,16-21H2. The van der Waals surface area contributed by atoms with E-state index in [1.54, 1.807) is 0 Å². The number of ether oxygens (including phenoxy) is 2. The normalized spacial score (nSPS) is 24.2. The van der Waals surface area contributed by atoms with Crippen LogP contribution in [0.25, 0.3) is 21.9 Å². The molecule has 2 unspecified atom stereocenters. The number of piperidine rings is 1. The van der Waals surface area contributed by atoms with E-state index in [1.165, 1.54) is 33.0 Å². The predicted octanol–water partition coefficient (Wildman–Crippen LogP) is 5.93. The molecule has 2 fully saturated rings. The zero-order valence-electron chi connectivity index (χ0n) is 21.3. The zero-order valence-corrected chi connectivity index (χ0v) is 21.3. The van der Waals surface area contributed by atoms with Crippen LogP contribution in [0, 0.1) is 0 Å². The van der Waals surface area contributed by atoms with Gasteiger partial charge in [-0.25, -0.2) is 4.79 Å². The van der Waals surface area contributed by atoms with E-state index < -0.39 is 5.60 Å². The quantitative estimate of drug-likeness (QED) is 0.374. The molecule has 192 valence electrons. The molecule has 2 heterocycles. The molecule has 1 aliphatic carbocycles. The molecule has 1 amide bonds. The first kappa shape index (κ1) is 23.4. The van der Waals surface area contributed by atoms with Crippen LogP contribution in [0.4, 0.5) is 4.79 Å². The number of fused-ring (bicyclic) bond motifs is 6. The predicted molar refractivity (Wildman–Crippen MR) is 147 cm³/mol. The van der Waals surface area contributed by atoms with Crippen molar-refractivity contribution < 1.29 is 19.4 Å². The molecule has 5 nitrogen and oxygen atoms in total. The van der Waals surface area contributed by atoms with Gasteiger partial charge in [0.1, 0.15) is 6.61 Å². The van der Waals surface area contributed by atoms with E-state index in [2.05, 4.69) is 66.7 Å². The Morgan fingerprint density at radius 3 is 2.13 bits per heavy atom. The van der Waals surface area contributed by atoms with Gasteiger partial charge in [-0.15, -0.1) is 0 Å². The van der Waals surface area contributed by atoms with Crippen LogP contribution in [-0.4, -0.2) is 53.6 Å². The third-order valence-corrected chi connectivity index (χ3v) is 8.53. The third-order valence-electron chi connectivity index (χ3n) is 8.53. The first-order valence-electron chi connectivity index (χ1n) is 13.5. The Bertz CT molecular complexity index is 1450. The van der Waals surface area contributed by atoms with Crippen molar-refractivity contribution in [2.24, 2.45) is 0 Å². The third kappa shape index (κ3) is 4.07. The molecule has 0 spiro atoms. The van der Waals surface area contributed by atoms with Crippen molar-refractivity contribution in [1.29, 1.82) is 0 Å². The highest BCUT2D eigenvalue weighted by Gasteiger charge is 2.48. The fourth-order valence-corrected chi connectivity index (χ4v) is 6.91. The topological polar surface area (TPSA) is 59.0 Å². The maximum absolute atomic E-state index is 13.5. The molecular weight excluding hydrogens is 474 g/mol. The van der Waals surface area contributed by atoms with Crippen LogP contribution >= 0.6 is 0 Å². The molecule has 4 aromatic carbocycles. The summed E-state index contributed by atoms with van der Waals surface area (Å²) in [5.41, 5.74) is 5.06. The summed E-state index contributed by atoms with van der Waals surface area (Å²) in [5.74, 6) is 0.0251. The number of rotatable bonds is 4. The molecule has 7 rings (SSSR count). The Morgan fingerprint density at radius 1 is 0.842 bits per heavy atom. The minimum atomic E-state index is -0.887. The first-order valence-corrected chi connectivity index (χ1v) is 13.5. The fraction of sp³-hybridized carbons (Fsp3) is 0.303. The molecule has 2 atom stereocenters. The van der Waals surface area contributed by atoms with Gasteiger partial charge in [-0.2, -0.15) is 0 Å². The van der Waals surface area contributed by atoms with Gasteiger partial charge in [-0.05, 0) is 51.4 Å². The minimum absolute atomic E-state index is 0.0251. The SMILES string of the molecule is O=C(OCC1c2ccccc2-c2ccccc21)N1C2COCC1CC(O)(Cc1ccc3ccccc3c1)C2. The number of hydrogen-bond acceptors (Lipinski definition) is 4. The maximum atomic E-state index is 13.5. The van der Waals surface area contributed by atoms with Crippen molar-refractivity contribution in [3.8, 4) is 11.1 Å². The Morgan fingerprint density at radius 2 is 1.45 bits per heavy atom. The molecule has 2 saturated heterocycles. The monoisotopic (exact) mass is 505 g/mol. The number of aliphatic hydroxyl groups is 1. The summed E-state index contributed by atoms with van der Waals surface area (Å²) in [5, 5.41) is 14.1. The van der Waals surface area contributed by atoms with E-state index >= 15 is 0 Å². The van der Waals surface area contributed by atoms with E-state index in [-0.39, 0.29) is 24.1 Å². The van der Waals surface area contributed by atoms with Gasteiger partial charge in [-0.1, -0.05) is 91.0 Å². The highest BCUT2D eigenvalue weighted by atomic mass is 16.6. The summed E-state index contributed by atoms with van der Waals surface area (Å²) >= 11 is 0. The minimum Gasteiger partial charge on any atom is -0.448 e. The first-order chi connectivity index (χ1) is 18.6. The lowest BCUT2D eigenvalue weighted by Crippen LogP contribution is -2.64. The zero-order chi connectivity index (χ0) is 25.7. The second kappa shape index (κ2) is 9.26. The molecule has 0 radical (unpaired) electrons. The van der Waals surface area contributed by atoms with Crippen LogP contribution in [0.2, 0.25) is 0 Å². The van der Waals surface area contributed by atoms with Gasteiger partial charge in [-0.3, -0.25) is 4.90 Å². The van der Waals surface area contributed by atoms with Crippen LogP contribution in [0.15, 0.2) is 91.0 Å². The van der Waals surface area contributed by atoms with Crippen LogP contribution in [0.5, 0.6) is 0 Å². The highest BCUT2D eigenvalue weighted by molar-refractivity contribution is 5.83. The Labute approximate surface area is 222 Å². The van der Waals surface area contributed by atoms with Crippen LogP contribution in [0.3, 0.4) is 0 Å². The van der Waals surface area contributed by atoms with Gasteiger partial charge in [0, 0.05) is 12.3 Å². The molecule has 5 heteroatoms. The van der Waals surface area contributed by atoms with Crippen molar-refractivity contribution in [2.75, 3.05) is 19.8 Å². The van der Waals surface area contributed by atoms with E-state index in [9.17, 15) is 9.90 Å². The van der Waals surface area contributed by atoms with E-state index in [0.717, 1.165) is 5.56 Å². The Balaban J connectivity index is 1.07. The number of carbonyl (C=O) groups excluding carboxylic acids is 1. The Hall–Kier alpha value is -3.67. The average molecular weight is 506 g/mol. The van der Waals surface area contributed by atoms with Crippen molar-refractivity contribution >= 4 is 16.9 Å². The summed E-state index contributed by atoms with van der Waals surface area (Å²) in [6.45, 7) is 1.13. The molecule has 1 N–H and O–H groups in total. The van der Waals surface area contributed by atoms with Crippen molar-refractivity contribution in [2.45, 2.75) is 42.9 Å². The molecule has 0 saturated carbocycles. The lowest BCUT2D eigenvalue weighted by molar-refractivity contribution is -0.132. The average Bonchev–Trinajstić information content (AvgIpc) is 3.25. The summed E-state index contributed by atoms with van der Waals surface area (Å²) < 4.78 is 11.8. The van der Waals surface area contributed by atoms with E-state index in [0.29, 0.717) is 39.1 Å². The number of hydrogen-bond donors (Lipinski definition) is 1. The summed E-state index contributed by atoms with van der Waals surface area (Å²) in [6, 6.07) is 31.0. The summed E-state index contributed by atoms with van der Waals surface area (Å²) in [6.07, 6.45) is 1.20. The second-order valence-electron chi connectivity index (χ2n) is 11.0. The molecule has 2 aliphatic heterocycles. The number of carbonyl (C=O) groups is 1. The summed E-state index contributed by atoms with van der Waals surface area (Å²) in [4.78, 5) is 15.3. The van der Waals surface area contributed by atoms with Gasteiger partial charge in [0.05, 0.1) is 30.9 Å². The number of nitrogens with zero attached hydrogens (tertiary/aromatic N) is 1. The highest BCUT2D eigenvalue weighted by Crippen LogP contribution is 2.45. The number of amides is 1. The van der Waals surface area contributed by atoms with E-state index in [1.807, 2.05) is 29.2 Å². The van der Waals surface area contributed by atoms with Crippen LogP contribution in [0.1, 0.15) is 35.4 Å². The lowest BCUT2D eigenvalue weighted by atomic mass is 9.77. The van der Waals surface area contributed by atoms with E-state index in [4.69, 9.17) is 9.47 Å². The molecule has 38 heavy (non-hydrogen) atoms. The maximum Gasteiger partial charge on any atom is 0.410 e. The second-order valence-corrected chi connectivity index (χ2v) is 11.0. The van der Waals surface area contributed by atoms with Crippen molar-refractivity contribution in [1.82, 2.24) is 4.90 Å². The smallest absolute Gasteiger partial charge is 0.410 e. The Kier molecular flexibility index (Phi) is 5.71. The fourth-order valence-electron chi connectivity index (χ4n) is 6.91. The van der Waals surface area contributed by atoms with Crippen molar-refractivity contribution in [3.05, 3.63) is 108 Å². The van der Waals surface area contributed by atoms with Gasteiger partial charge in [0.2, 0.25) is 0 Å². The van der Waals surface area contributed by atoms with Crippen molar-refractivity contribution in [3.63, 3.8) is 0 Å². The largest absolute Gasteiger partial charge is 0.448 e. The number of benzene rings is 4. The van der Waals surface area contributed by atoms with Gasteiger partial charge in [0.25, 0.3) is 0 Å². The van der Waals surface area contributed by atoms with Gasteiger partial charge in [0.15, 0.2) is 0 Å². The van der Waals surface area contributed by atoms with Gasteiger partial charge >= 0.3 is 6.09 Å².